The lowest BCUT2D eigenvalue weighted by molar-refractivity contribution is 0.598. The summed E-state index contributed by atoms with van der Waals surface area (Å²) in [4.78, 5) is 9.40. The maximum atomic E-state index is 11.5. The Morgan fingerprint density at radius 3 is 2.62 bits per heavy atom. The number of hydrogen-bond donors (Lipinski definition) is 3. The van der Waals surface area contributed by atoms with E-state index in [1.54, 1.807) is 18.3 Å². The maximum Gasteiger partial charge on any atom is 0.238 e. The molecule has 5 rings (SSSR count). The molecule has 0 saturated heterocycles. The van der Waals surface area contributed by atoms with E-state index in [1.165, 1.54) is 23.5 Å². The smallest absolute Gasteiger partial charge is 0.238 e. The van der Waals surface area contributed by atoms with Gasteiger partial charge in [0, 0.05) is 39.2 Å². The number of H-pyrrole nitrogens is 1. The van der Waals surface area contributed by atoms with Gasteiger partial charge in [0.1, 0.15) is 10.9 Å². The fraction of sp³-hybridized carbons (Fsp3) is 0.0435. The molecule has 3 heterocycles. The molecular formula is C23H17N5O2S2. The van der Waals surface area contributed by atoms with Crippen LogP contribution in [0.1, 0.15) is 11.1 Å². The zero-order valence-corrected chi connectivity index (χ0v) is 18.5. The summed E-state index contributed by atoms with van der Waals surface area (Å²) in [6.45, 7) is 2.04. The van der Waals surface area contributed by atoms with Crippen LogP contribution in [-0.4, -0.2) is 18.4 Å². The number of fused-ring (bicyclic) bond motifs is 2. The Morgan fingerprint density at radius 1 is 1.12 bits per heavy atom. The van der Waals surface area contributed by atoms with E-state index >= 15 is 0 Å². The highest BCUT2D eigenvalue weighted by Gasteiger charge is 2.16. The Hall–Kier alpha value is -3.71. The number of aromatic nitrogens is 2. The number of primary sulfonamides is 1. The minimum atomic E-state index is -3.75. The van der Waals surface area contributed by atoms with E-state index in [1.807, 2.05) is 37.4 Å². The van der Waals surface area contributed by atoms with Crippen LogP contribution >= 0.6 is 11.3 Å². The Kier molecular flexibility index (Phi) is 4.71. The first-order valence-electron chi connectivity index (χ1n) is 9.65. The summed E-state index contributed by atoms with van der Waals surface area (Å²) in [6, 6.07) is 16.6. The molecule has 0 unspecified atom stereocenters. The normalized spacial score (nSPS) is 11.7. The number of thiophene rings is 1. The van der Waals surface area contributed by atoms with Gasteiger partial charge < -0.3 is 10.3 Å². The average molecular weight is 460 g/mol. The molecule has 0 aliphatic heterocycles. The van der Waals surface area contributed by atoms with Crippen LogP contribution in [0.2, 0.25) is 0 Å². The van der Waals surface area contributed by atoms with Crippen molar-refractivity contribution in [3.05, 3.63) is 72.1 Å². The fourth-order valence-electron chi connectivity index (χ4n) is 3.71. The maximum absolute atomic E-state index is 11.5. The van der Waals surface area contributed by atoms with Gasteiger partial charge in [0.05, 0.1) is 16.1 Å². The van der Waals surface area contributed by atoms with E-state index < -0.39 is 10.0 Å². The van der Waals surface area contributed by atoms with Crippen LogP contribution in [0.5, 0.6) is 0 Å². The largest absolute Gasteiger partial charge is 0.361 e. The lowest BCUT2D eigenvalue weighted by atomic mass is 10.1. The second-order valence-corrected chi connectivity index (χ2v) is 9.95. The van der Waals surface area contributed by atoms with Crippen molar-refractivity contribution in [3.63, 3.8) is 0 Å². The first kappa shape index (κ1) is 20.2. The molecule has 7 nitrogen and oxygen atoms in total. The van der Waals surface area contributed by atoms with Gasteiger partial charge in [-0.05, 0) is 54.4 Å². The Balaban J connectivity index is 1.61. The third kappa shape index (κ3) is 3.40. The second kappa shape index (κ2) is 7.46. The minimum absolute atomic E-state index is 0.0604. The average Bonchev–Trinajstić information content (AvgIpc) is 3.43. The molecule has 5 aromatic rings. The standard InChI is InChI=1S/C23H17N5O2S2/c1-13-17-8-9-26-20(17)7-6-19(13)28-22-15(11-24)12-27-23-18(22)10-21(31-23)14-2-4-16(5-3-14)32(25,29)30/h2-10,12,26H,1H3,(H,27,28)(H2,25,29,30). The number of nitrogens with zero attached hydrogens (tertiary/aromatic N) is 2. The summed E-state index contributed by atoms with van der Waals surface area (Å²) in [5, 5.41) is 20.3. The minimum Gasteiger partial charge on any atom is -0.361 e. The monoisotopic (exact) mass is 459 g/mol. The highest BCUT2D eigenvalue weighted by Crippen LogP contribution is 2.39. The summed E-state index contributed by atoms with van der Waals surface area (Å²) in [5.74, 6) is 0. The summed E-state index contributed by atoms with van der Waals surface area (Å²) in [5.41, 5.74) is 5.01. The molecule has 0 amide bonds. The summed E-state index contributed by atoms with van der Waals surface area (Å²) in [7, 11) is -3.75. The van der Waals surface area contributed by atoms with Crippen LogP contribution in [0, 0.1) is 18.3 Å². The van der Waals surface area contributed by atoms with Crippen LogP contribution < -0.4 is 10.5 Å². The van der Waals surface area contributed by atoms with E-state index in [0.29, 0.717) is 11.3 Å². The van der Waals surface area contributed by atoms with E-state index in [9.17, 15) is 13.7 Å². The van der Waals surface area contributed by atoms with Crippen molar-refractivity contribution in [1.29, 1.82) is 5.26 Å². The van der Waals surface area contributed by atoms with Crippen molar-refractivity contribution >= 4 is 53.9 Å². The molecule has 32 heavy (non-hydrogen) atoms. The summed E-state index contributed by atoms with van der Waals surface area (Å²) in [6.07, 6.45) is 3.47. The Bertz CT molecular complexity index is 1640. The zero-order chi connectivity index (χ0) is 22.5. The molecule has 158 valence electrons. The molecular weight excluding hydrogens is 442 g/mol. The Labute approximate surface area is 188 Å². The number of nitrogens with one attached hydrogen (secondary N) is 2. The highest BCUT2D eigenvalue weighted by molar-refractivity contribution is 7.89. The molecule has 0 fully saturated rings. The van der Waals surface area contributed by atoms with Gasteiger partial charge in [-0.3, -0.25) is 0 Å². The molecule has 2 aromatic carbocycles. The van der Waals surface area contributed by atoms with E-state index in [0.717, 1.165) is 42.8 Å². The number of nitriles is 1. The van der Waals surface area contributed by atoms with Gasteiger partial charge in [-0.2, -0.15) is 5.26 Å². The molecule has 0 saturated carbocycles. The highest BCUT2D eigenvalue weighted by atomic mass is 32.2. The van der Waals surface area contributed by atoms with Crippen LogP contribution in [0.3, 0.4) is 0 Å². The SMILES string of the molecule is Cc1c(Nc2c(C#N)cnc3sc(-c4ccc(S(N)(=O)=O)cc4)cc23)ccc2[nH]ccc12. The first-order valence-corrected chi connectivity index (χ1v) is 12.0. The number of pyridine rings is 1. The van der Waals surface area contributed by atoms with Crippen molar-refractivity contribution < 1.29 is 8.42 Å². The van der Waals surface area contributed by atoms with Gasteiger partial charge in [0.15, 0.2) is 0 Å². The molecule has 0 bridgehead atoms. The second-order valence-electron chi connectivity index (χ2n) is 7.36. The number of aromatic amines is 1. The Morgan fingerprint density at radius 2 is 1.91 bits per heavy atom. The lowest BCUT2D eigenvalue weighted by Gasteiger charge is -2.12. The quantitative estimate of drug-likeness (QED) is 0.348. The van der Waals surface area contributed by atoms with Crippen LogP contribution in [0.25, 0.3) is 31.6 Å². The van der Waals surface area contributed by atoms with Crippen molar-refractivity contribution in [2.45, 2.75) is 11.8 Å². The lowest BCUT2D eigenvalue weighted by Crippen LogP contribution is -2.11. The zero-order valence-electron chi connectivity index (χ0n) is 16.9. The topological polar surface area (TPSA) is 125 Å². The molecule has 0 radical (unpaired) electrons. The molecule has 0 atom stereocenters. The predicted octanol–water partition coefficient (Wildman–Crippen LogP) is 5.02. The van der Waals surface area contributed by atoms with E-state index in [4.69, 9.17) is 5.14 Å². The van der Waals surface area contributed by atoms with E-state index in [-0.39, 0.29) is 4.90 Å². The molecule has 0 aliphatic carbocycles. The van der Waals surface area contributed by atoms with Gasteiger partial charge in [0.25, 0.3) is 0 Å². The van der Waals surface area contributed by atoms with E-state index in [2.05, 4.69) is 21.4 Å². The molecule has 9 heteroatoms. The van der Waals surface area contributed by atoms with Crippen molar-refractivity contribution in [2.24, 2.45) is 5.14 Å². The summed E-state index contributed by atoms with van der Waals surface area (Å²) >= 11 is 1.47. The predicted molar refractivity (Wildman–Crippen MR) is 127 cm³/mol. The van der Waals surface area contributed by atoms with Crippen LogP contribution in [0.15, 0.2) is 65.8 Å². The molecule has 0 aliphatic rings. The number of benzene rings is 2. The number of sulfonamides is 1. The number of hydrogen-bond acceptors (Lipinski definition) is 6. The third-order valence-electron chi connectivity index (χ3n) is 5.41. The third-order valence-corrected chi connectivity index (χ3v) is 7.43. The van der Waals surface area contributed by atoms with Crippen LogP contribution in [-0.2, 0) is 10.0 Å². The fourth-order valence-corrected chi connectivity index (χ4v) is 5.24. The number of nitrogens with two attached hydrogens (primary N) is 1. The van der Waals surface area contributed by atoms with Gasteiger partial charge in [-0.1, -0.05) is 12.1 Å². The molecule has 0 spiro atoms. The van der Waals surface area contributed by atoms with Gasteiger partial charge in [0.2, 0.25) is 10.0 Å². The number of aryl methyl sites for hydroxylation is 1. The van der Waals surface area contributed by atoms with Crippen molar-refractivity contribution in [2.75, 3.05) is 5.32 Å². The molecule has 3 aromatic heterocycles. The summed E-state index contributed by atoms with van der Waals surface area (Å²) < 4.78 is 23.1. The number of anilines is 2. The van der Waals surface area contributed by atoms with Crippen molar-refractivity contribution in [3.8, 4) is 16.5 Å². The van der Waals surface area contributed by atoms with Gasteiger partial charge >= 0.3 is 0 Å². The molecule has 4 N–H and O–H groups in total. The van der Waals surface area contributed by atoms with Gasteiger partial charge in [-0.25, -0.2) is 18.5 Å². The first-order chi connectivity index (χ1) is 15.3. The van der Waals surface area contributed by atoms with Gasteiger partial charge in [-0.15, -0.1) is 11.3 Å². The number of rotatable bonds is 4. The van der Waals surface area contributed by atoms with Crippen molar-refractivity contribution in [1.82, 2.24) is 9.97 Å². The van der Waals surface area contributed by atoms with Crippen LogP contribution in [0.4, 0.5) is 11.4 Å².